The van der Waals surface area contributed by atoms with Gasteiger partial charge in [0.15, 0.2) is 6.04 Å². The number of imide groups is 1. The molecule has 0 saturated carbocycles. The number of hydrogen-bond acceptors (Lipinski definition) is 13. The third-order valence-corrected chi connectivity index (χ3v) is 17.4. The average molecular weight is 1080 g/mol. The normalized spacial score (nSPS) is 19.4. The summed E-state index contributed by atoms with van der Waals surface area (Å²) in [5.41, 5.74) is -2.87. The molecule has 3 saturated heterocycles. The number of piperidine rings is 2. The smallest absolute Gasteiger partial charge is 0.404 e. The van der Waals surface area contributed by atoms with Crippen molar-refractivity contribution in [3.8, 4) is 0 Å². The molecule has 18 nitrogen and oxygen atoms in total. The summed E-state index contributed by atoms with van der Waals surface area (Å²) in [5, 5.41) is 5.44. The van der Waals surface area contributed by atoms with E-state index in [4.69, 9.17) is 18.5 Å². The second-order valence-corrected chi connectivity index (χ2v) is 23.4. The molecule has 0 spiro atoms. The van der Waals surface area contributed by atoms with Crippen LogP contribution in [-0.4, -0.2) is 112 Å². The molecule has 3 aliphatic heterocycles. The van der Waals surface area contributed by atoms with E-state index in [1.54, 1.807) is 57.0 Å². The fourth-order valence-electron chi connectivity index (χ4n) is 10.1. The number of nitrogens with zero attached hydrogens (tertiary/aromatic N) is 4. The Morgan fingerprint density at radius 1 is 0.867 bits per heavy atom. The number of esters is 1. The molecule has 0 aliphatic carbocycles. The monoisotopic (exact) mass is 1080 g/mol. The van der Waals surface area contributed by atoms with Crippen LogP contribution in [0.1, 0.15) is 99.1 Å². The van der Waals surface area contributed by atoms with Crippen LogP contribution >= 0.6 is 18.9 Å². The zero-order valence-electron chi connectivity index (χ0n) is 42.8. The first-order valence-electron chi connectivity index (χ1n) is 25.2. The van der Waals surface area contributed by atoms with Crippen LogP contribution in [0.2, 0.25) is 0 Å². The molecule has 3 fully saturated rings. The minimum Gasteiger partial charge on any atom is -0.459 e. The topological polar surface area (TPSA) is 214 Å². The van der Waals surface area contributed by atoms with Crippen LogP contribution < -0.4 is 16.3 Å². The van der Waals surface area contributed by atoms with E-state index in [0.717, 1.165) is 29.0 Å². The van der Waals surface area contributed by atoms with Gasteiger partial charge < -0.3 is 33.6 Å². The number of fused-ring (bicyclic) bond motifs is 2. The highest BCUT2D eigenvalue weighted by molar-refractivity contribution is 7.54. The van der Waals surface area contributed by atoms with E-state index in [-0.39, 0.29) is 85.9 Å². The maximum Gasteiger partial charge on any atom is 0.404 e. The van der Waals surface area contributed by atoms with Crippen molar-refractivity contribution in [2.45, 2.75) is 110 Å². The number of nitrogens with one attached hydrogen (secondary N) is 2. The van der Waals surface area contributed by atoms with Gasteiger partial charge in [-0.25, -0.2) is 9.59 Å². The summed E-state index contributed by atoms with van der Waals surface area (Å²) in [6.45, 7) is 8.11. The van der Waals surface area contributed by atoms with E-state index in [2.05, 4.69) is 10.6 Å². The van der Waals surface area contributed by atoms with Crippen molar-refractivity contribution in [1.82, 2.24) is 29.6 Å². The number of rotatable bonds is 18. The molecule has 5 aromatic rings. The van der Waals surface area contributed by atoms with Gasteiger partial charge >= 0.3 is 24.9 Å². The predicted octanol–water partition coefficient (Wildman–Crippen LogP) is 7.20. The first-order valence-corrected chi connectivity index (χ1v) is 27.6. The molecule has 5 amide bonds. The van der Waals surface area contributed by atoms with Crippen molar-refractivity contribution in [2.75, 3.05) is 39.5 Å². The maximum absolute atomic E-state index is 15.7. The third kappa shape index (κ3) is 11.7. The number of carbonyl (C=O) groups is 6. The number of aromatic nitrogens is 2. The molecule has 3 aliphatic rings. The standard InChI is InChI=1S/C53H63F2N6O12PS/c1-7-72-74(69,73-8-2)53(54,55)36-15-18-41-35(28-36)29-42(75-41)48(65)57-46(52(3,4)5)49(66)60-25-22-40(45(60)50(67)71-30-33-12-10-9-11-13-33)70-31-44(63)59-23-20-32(21-24-59)26-34-14-16-37-39(27-34)58(6)51(68)61(37)38-17-19-43(62)56-47(38)64/h9-16,18,27-29,32,38,40,45-46H,7-8,17,19-26,30-31H2,1-6H3,(H,57,65)(H,56,62,64)/t38?,40-,45+,46-/m1/s1. The summed E-state index contributed by atoms with van der Waals surface area (Å²) in [4.78, 5) is 97.6. The highest BCUT2D eigenvalue weighted by atomic mass is 32.1. The van der Waals surface area contributed by atoms with Crippen LogP contribution in [0.3, 0.4) is 0 Å². The number of carbonyl (C=O) groups excluding carboxylic acids is 6. The van der Waals surface area contributed by atoms with E-state index in [0.29, 0.717) is 53.6 Å². The number of likely N-dealkylation sites (tertiary alicyclic amines) is 2. The van der Waals surface area contributed by atoms with Gasteiger partial charge in [0.2, 0.25) is 23.6 Å². The Hall–Kier alpha value is -6.12. The first kappa shape index (κ1) is 55.1. The van der Waals surface area contributed by atoms with E-state index in [9.17, 15) is 38.1 Å². The largest absolute Gasteiger partial charge is 0.459 e. The van der Waals surface area contributed by atoms with E-state index in [1.807, 2.05) is 24.3 Å². The van der Waals surface area contributed by atoms with Crippen LogP contribution in [0.4, 0.5) is 8.78 Å². The second kappa shape index (κ2) is 22.6. The Morgan fingerprint density at radius 3 is 2.24 bits per heavy atom. The molecule has 1 unspecified atom stereocenters. The minimum absolute atomic E-state index is 0.0471. The number of benzene rings is 3. The van der Waals surface area contributed by atoms with Crippen LogP contribution in [0.5, 0.6) is 0 Å². The predicted molar refractivity (Wildman–Crippen MR) is 275 cm³/mol. The Morgan fingerprint density at radius 2 is 1.57 bits per heavy atom. The molecule has 4 atom stereocenters. The SMILES string of the molecule is CCOP(=O)(OCC)C(F)(F)c1ccc2sc(C(=O)N[C@H](C(=O)N3CC[C@@H](OCC(=O)N4CCC(Cc5ccc6c(c5)n(C)c(=O)n6C5CCC(=O)NC5=O)CC4)[C@H]3C(=O)OCc3ccccc3)C(C)(C)C)cc2c1. The van der Waals surface area contributed by atoms with Crippen molar-refractivity contribution in [3.05, 3.63) is 105 Å². The van der Waals surface area contributed by atoms with Gasteiger partial charge in [-0.05, 0) is 104 Å². The van der Waals surface area contributed by atoms with Gasteiger partial charge in [-0.15, -0.1) is 11.3 Å². The number of alkyl halides is 2. The fraction of sp³-hybridized carbons (Fsp3) is 0.491. The number of thiophene rings is 1. The first-order chi connectivity index (χ1) is 35.6. The molecular weight excluding hydrogens is 1010 g/mol. The molecule has 2 aromatic heterocycles. The van der Waals surface area contributed by atoms with E-state index in [1.165, 1.54) is 40.0 Å². The molecule has 0 radical (unpaired) electrons. The zero-order chi connectivity index (χ0) is 54.0. The molecule has 3 aromatic carbocycles. The van der Waals surface area contributed by atoms with Gasteiger partial charge in [0, 0.05) is 43.4 Å². The molecule has 402 valence electrons. The van der Waals surface area contributed by atoms with Gasteiger partial charge in [0.1, 0.15) is 25.3 Å². The molecule has 5 heterocycles. The molecule has 2 N–H and O–H groups in total. The lowest BCUT2D eigenvalue weighted by atomic mass is 9.85. The Bertz CT molecular complexity index is 3080. The second-order valence-electron chi connectivity index (χ2n) is 20.2. The summed E-state index contributed by atoms with van der Waals surface area (Å²) in [7, 11) is -3.25. The van der Waals surface area contributed by atoms with Crippen molar-refractivity contribution in [2.24, 2.45) is 18.4 Å². The van der Waals surface area contributed by atoms with E-state index >= 15 is 8.78 Å². The Balaban J connectivity index is 0.923. The number of imidazole rings is 1. The van der Waals surface area contributed by atoms with Crippen molar-refractivity contribution >= 4 is 75.6 Å². The molecule has 8 rings (SSSR count). The zero-order valence-corrected chi connectivity index (χ0v) is 44.5. The molecule has 75 heavy (non-hydrogen) atoms. The number of amides is 5. The van der Waals surface area contributed by atoms with E-state index < -0.39 is 72.2 Å². The maximum atomic E-state index is 15.7. The van der Waals surface area contributed by atoms with Crippen molar-refractivity contribution < 1.29 is 60.6 Å². The van der Waals surface area contributed by atoms with Gasteiger partial charge in [-0.2, -0.15) is 8.78 Å². The number of halogens is 2. The number of hydrogen-bond donors (Lipinski definition) is 2. The van der Waals surface area contributed by atoms with Crippen LogP contribution in [0.25, 0.3) is 21.1 Å². The van der Waals surface area contributed by atoms with Crippen molar-refractivity contribution in [1.29, 1.82) is 0 Å². The van der Waals surface area contributed by atoms with Gasteiger partial charge in [-0.1, -0.05) is 63.2 Å². The highest BCUT2D eigenvalue weighted by Gasteiger charge is 2.55. The third-order valence-electron chi connectivity index (χ3n) is 14.1. The van der Waals surface area contributed by atoms with Gasteiger partial charge in [-0.3, -0.25) is 43.0 Å². The summed E-state index contributed by atoms with van der Waals surface area (Å²) < 4.78 is 69.9. The van der Waals surface area contributed by atoms with Gasteiger partial charge in [0.25, 0.3) is 5.91 Å². The Kier molecular flexibility index (Phi) is 16.6. The van der Waals surface area contributed by atoms with Crippen LogP contribution in [-0.2, 0) is 72.8 Å². The van der Waals surface area contributed by atoms with Gasteiger partial charge in [0.05, 0.1) is 35.2 Å². The quantitative estimate of drug-likeness (QED) is 0.0507. The summed E-state index contributed by atoms with van der Waals surface area (Å²) >= 11 is 1.01. The summed E-state index contributed by atoms with van der Waals surface area (Å²) in [5.74, 6) is -2.90. The lowest BCUT2D eigenvalue weighted by molar-refractivity contribution is -0.161. The van der Waals surface area contributed by atoms with Crippen LogP contribution in [0.15, 0.2) is 77.6 Å². The lowest BCUT2D eigenvalue weighted by Crippen LogP contribution is -2.58. The number of aryl methyl sites for hydroxylation is 1. The van der Waals surface area contributed by atoms with Crippen molar-refractivity contribution in [3.63, 3.8) is 0 Å². The summed E-state index contributed by atoms with van der Waals surface area (Å²) in [6, 6.07) is 16.5. The average Bonchev–Trinajstić information content (AvgIpc) is 4.08. The van der Waals surface area contributed by atoms with Crippen LogP contribution in [0, 0.1) is 11.3 Å². The summed E-state index contributed by atoms with van der Waals surface area (Å²) in [6.07, 6.45) is 1.74. The molecule has 0 bridgehead atoms. The lowest BCUT2D eigenvalue weighted by Gasteiger charge is -2.36. The minimum atomic E-state index is -4.90. The Labute approximate surface area is 436 Å². The fourth-order valence-corrected chi connectivity index (χ4v) is 12.6. The molecular formula is C53H63F2N6O12PS. The number of ether oxygens (including phenoxy) is 2. The highest BCUT2D eigenvalue weighted by Crippen LogP contribution is 2.67. The molecule has 22 heteroatoms.